The van der Waals surface area contributed by atoms with Gasteiger partial charge in [-0.15, -0.1) is 0 Å². The number of rotatable bonds is 11. The van der Waals surface area contributed by atoms with Gasteiger partial charge in [0.1, 0.15) is 5.75 Å². The Bertz CT molecular complexity index is 1160. The molecule has 0 spiro atoms. The largest absolute Gasteiger partial charge is 0.490 e. The number of anilines is 1. The minimum absolute atomic E-state index is 0.0181. The summed E-state index contributed by atoms with van der Waals surface area (Å²) >= 11 is 0. The Kier molecular flexibility index (Phi) is 10.2. The van der Waals surface area contributed by atoms with Crippen molar-refractivity contribution in [3.05, 3.63) is 59.7 Å². The monoisotopic (exact) mass is 550 g/mol. The molecule has 2 aromatic rings. The van der Waals surface area contributed by atoms with Crippen LogP contribution in [0, 0.1) is 11.8 Å². The molecule has 0 aliphatic heterocycles. The van der Waals surface area contributed by atoms with Crippen molar-refractivity contribution in [3.8, 4) is 5.75 Å². The summed E-state index contributed by atoms with van der Waals surface area (Å²) < 4.78 is 5.95. The Morgan fingerprint density at radius 2 is 1.45 bits per heavy atom. The first-order valence-electron chi connectivity index (χ1n) is 14.2. The third-order valence-electron chi connectivity index (χ3n) is 8.06. The molecule has 214 valence electrons. The molecule has 40 heavy (non-hydrogen) atoms. The van der Waals surface area contributed by atoms with Crippen molar-refractivity contribution in [1.29, 1.82) is 0 Å². The molecule has 0 atom stereocenters. The lowest BCUT2D eigenvalue weighted by molar-refractivity contribution is -0.143. The molecule has 2 aliphatic carbocycles. The van der Waals surface area contributed by atoms with E-state index in [2.05, 4.69) is 10.6 Å². The number of hydrogen-bond donors (Lipinski definition) is 4. The summed E-state index contributed by atoms with van der Waals surface area (Å²) in [5.74, 6) is -0.889. The van der Waals surface area contributed by atoms with E-state index in [-0.39, 0.29) is 49.1 Å². The molecular weight excluding hydrogens is 512 g/mol. The summed E-state index contributed by atoms with van der Waals surface area (Å²) in [7, 11) is 0. The first-order chi connectivity index (χ1) is 19.3. The smallest absolute Gasteiger partial charge is 0.306 e. The zero-order chi connectivity index (χ0) is 28.5. The lowest BCUT2D eigenvalue weighted by Crippen LogP contribution is -2.28. The SMILES string of the molecule is O=C(O)CC1CCC(c2ccc(NC(=O)CCNC(=O)c3ccc(O[C@H]4CC[C@H](C(=O)O)CC4)cc3)cc2)CC1. The maximum Gasteiger partial charge on any atom is 0.306 e. The van der Waals surface area contributed by atoms with Crippen molar-refractivity contribution in [2.24, 2.45) is 11.8 Å². The van der Waals surface area contributed by atoms with Gasteiger partial charge in [0.2, 0.25) is 5.91 Å². The molecule has 0 aromatic heterocycles. The van der Waals surface area contributed by atoms with Gasteiger partial charge < -0.3 is 25.6 Å². The topological polar surface area (TPSA) is 142 Å². The van der Waals surface area contributed by atoms with Crippen molar-refractivity contribution in [2.75, 3.05) is 11.9 Å². The molecule has 2 fully saturated rings. The van der Waals surface area contributed by atoms with E-state index < -0.39 is 11.9 Å². The van der Waals surface area contributed by atoms with E-state index in [1.807, 2.05) is 24.3 Å². The van der Waals surface area contributed by atoms with Crippen molar-refractivity contribution >= 4 is 29.4 Å². The number of carbonyl (C=O) groups excluding carboxylic acids is 2. The average molecular weight is 551 g/mol. The number of carboxylic acid groups (broad SMARTS) is 2. The van der Waals surface area contributed by atoms with E-state index in [9.17, 15) is 19.2 Å². The van der Waals surface area contributed by atoms with E-state index in [0.29, 0.717) is 48.6 Å². The summed E-state index contributed by atoms with van der Waals surface area (Å²) in [4.78, 5) is 46.9. The van der Waals surface area contributed by atoms with Gasteiger partial charge >= 0.3 is 11.9 Å². The van der Waals surface area contributed by atoms with E-state index in [4.69, 9.17) is 14.9 Å². The van der Waals surface area contributed by atoms with Gasteiger partial charge in [0.15, 0.2) is 0 Å². The van der Waals surface area contributed by atoms with Crippen LogP contribution in [0.1, 0.15) is 86.0 Å². The number of hydrogen-bond acceptors (Lipinski definition) is 5. The molecule has 4 rings (SSSR count). The number of amides is 2. The predicted molar refractivity (Wildman–Crippen MR) is 149 cm³/mol. The molecule has 0 heterocycles. The van der Waals surface area contributed by atoms with Crippen LogP contribution in [-0.4, -0.2) is 46.6 Å². The third kappa shape index (κ3) is 8.56. The minimum atomic E-state index is -0.744. The highest BCUT2D eigenvalue weighted by molar-refractivity contribution is 5.95. The predicted octanol–water partition coefficient (Wildman–Crippen LogP) is 5.22. The molecule has 2 saturated carbocycles. The molecule has 0 unspecified atom stereocenters. The van der Waals surface area contributed by atoms with Crippen molar-refractivity contribution in [1.82, 2.24) is 5.32 Å². The second-order valence-corrected chi connectivity index (χ2v) is 10.9. The quantitative estimate of drug-likeness (QED) is 0.301. The molecule has 0 radical (unpaired) electrons. The Labute approximate surface area is 234 Å². The van der Waals surface area contributed by atoms with Crippen LogP contribution >= 0.6 is 0 Å². The van der Waals surface area contributed by atoms with Crippen LogP contribution in [0.5, 0.6) is 5.75 Å². The van der Waals surface area contributed by atoms with E-state index in [1.54, 1.807) is 24.3 Å². The van der Waals surface area contributed by atoms with Crippen LogP contribution in [0.3, 0.4) is 0 Å². The van der Waals surface area contributed by atoms with Gasteiger partial charge in [0.25, 0.3) is 5.91 Å². The van der Waals surface area contributed by atoms with Gasteiger partial charge in [0, 0.05) is 30.6 Å². The van der Waals surface area contributed by atoms with E-state index in [0.717, 1.165) is 25.7 Å². The summed E-state index contributed by atoms with van der Waals surface area (Å²) in [6, 6.07) is 14.6. The van der Waals surface area contributed by atoms with Crippen LogP contribution in [-0.2, 0) is 14.4 Å². The fourth-order valence-electron chi connectivity index (χ4n) is 5.71. The average Bonchev–Trinajstić information content (AvgIpc) is 2.94. The van der Waals surface area contributed by atoms with Gasteiger partial charge in [-0.3, -0.25) is 19.2 Å². The maximum absolute atomic E-state index is 12.5. The molecule has 0 saturated heterocycles. The number of aliphatic carboxylic acids is 2. The second kappa shape index (κ2) is 14.0. The van der Waals surface area contributed by atoms with Gasteiger partial charge in [-0.1, -0.05) is 12.1 Å². The zero-order valence-electron chi connectivity index (χ0n) is 22.6. The van der Waals surface area contributed by atoms with Crippen LogP contribution in [0.2, 0.25) is 0 Å². The van der Waals surface area contributed by atoms with Crippen LogP contribution < -0.4 is 15.4 Å². The maximum atomic E-state index is 12.5. The van der Waals surface area contributed by atoms with Crippen molar-refractivity contribution in [3.63, 3.8) is 0 Å². The molecule has 9 heteroatoms. The van der Waals surface area contributed by atoms with Gasteiger partial charge in [-0.2, -0.15) is 0 Å². The van der Waals surface area contributed by atoms with Gasteiger partial charge in [0.05, 0.1) is 12.0 Å². The molecule has 0 bridgehead atoms. The molecule has 4 N–H and O–H groups in total. The summed E-state index contributed by atoms with van der Waals surface area (Å²) in [6.45, 7) is 0.202. The number of ether oxygens (including phenoxy) is 1. The number of carboxylic acids is 2. The standard InChI is InChI=1S/C31H38N2O7/c34-28(33-25-11-5-22(6-12-25)21-3-1-20(2-4-21)19-29(35)36)17-18-32-30(37)23-7-13-26(14-8-23)40-27-15-9-24(10-16-27)31(38)39/h5-8,11-14,20-21,24,27H,1-4,9-10,15-19H2,(H,32,37)(H,33,34)(H,35,36)(H,38,39)/t20?,21?,24-,27-. The number of benzene rings is 2. The van der Waals surface area contributed by atoms with E-state index >= 15 is 0 Å². The normalized spacial score (nSPS) is 22.6. The van der Waals surface area contributed by atoms with Crippen molar-refractivity contribution in [2.45, 2.75) is 76.2 Å². The molecule has 2 aliphatic rings. The van der Waals surface area contributed by atoms with Crippen molar-refractivity contribution < 1.29 is 34.1 Å². The zero-order valence-corrected chi connectivity index (χ0v) is 22.6. The molecule has 2 aromatic carbocycles. The fourth-order valence-corrected chi connectivity index (χ4v) is 5.71. The third-order valence-corrected chi connectivity index (χ3v) is 8.06. The Morgan fingerprint density at radius 3 is 2.05 bits per heavy atom. The lowest BCUT2D eigenvalue weighted by atomic mass is 9.77. The van der Waals surface area contributed by atoms with Gasteiger partial charge in [-0.25, -0.2) is 0 Å². The van der Waals surface area contributed by atoms with Crippen LogP contribution in [0.25, 0.3) is 0 Å². The molecule has 9 nitrogen and oxygen atoms in total. The fraction of sp³-hybridized carbons (Fsp3) is 0.484. The highest BCUT2D eigenvalue weighted by Gasteiger charge is 2.27. The lowest BCUT2D eigenvalue weighted by Gasteiger charge is -2.28. The first-order valence-corrected chi connectivity index (χ1v) is 14.2. The highest BCUT2D eigenvalue weighted by atomic mass is 16.5. The summed E-state index contributed by atoms with van der Waals surface area (Å²) in [6.07, 6.45) is 6.80. The van der Waals surface area contributed by atoms with Crippen LogP contribution in [0.15, 0.2) is 48.5 Å². The Morgan fingerprint density at radius 1 is 0.800 bits per heavy atom. The number of carbonyl (C=O) groups is 4. The van der Waals surface area contributed by atoms with E-state index in [1.165, 1.54) is 5.56 Å². The molecule has 2 amide bonds. The first kappa shape index (κ1) is 29.1. The Hall–Kier alpha value is -3.88. The number of nitrogens with one attached hydrogen (secondary N) is 2. The summed E-state index contributed by atoms with van der Waals surface area (Å²) in [5, 5.41) is 23.7. The molecular formula is C31H38N2O7. The summed E-state index contributed by atoms with van der Waals surface area (Å²) in [5.41, 5.74) is 2.38. The van der Waals surface area contributed by atoms with Gasteiger partial charge in [-0.05, 0) is 105 Å². The Balaban J connectivity index is 1.14. The highest BCUT2D eigenvalue weighted by Crippen LogP contribution is 2.37. The second-order valence-electron chi connectivity index (χ2n) is 10.9. The minimum Gasteiger partial charge on any atom is -0.490 e. The van der Waals surface area contributed by atoms with Crippen LogP contribution in [0.4, 0.5) is 5.69 Å².